The van der Waals surface area contributed by atoms with Crippen LogP contribution >= 0.6 is 0 Å². The molecule has 1 aromatic heterocycles. The molecular weight excluding hydrogens is 338 g/mol. The fourth-order valence-corrected chi connectivity index (χ4v) is 3.94. The fraction of sp³-hybridized carbons (Fsp3) is 0.476. The molecule has 1 unspecified atom stereocenters. The molecule has 2 saturated heterocycles. The van der Waals surface area contributed by atoms with Crippen LogP contribution in [-0.4, -0.2) is 42.3 Å². The number of nitrogens with zero attached hydrogens (tertiary/aromatic N) is 4. The van der Waals surface area contributed by atoms with Crippen LogP contribution < -0.4 is 15.1 Å². The normalized spacial score (nSPS) is 20.0. The summed E-state index contributed by atoms with van der Waals surface area (Å²) in [4.78, 5) is 17.1. The van der Waals surface area contributed by atoms with Gasteiger partial charge in [-0.2, -0.15) is 0 Å². The van der Waals surface area contributed by atoms with Gasteiger partial charge in [-0.15, -0.1) is 10.2 Å². The highest BCUT2D eigenvalue weighted by Gasteiger charge is 2.18. The first-order chi connectivity index (χ1) is 13.2. The predicted octanol–water partition coefficient (Wildman–Crippen LogP) is 3.57. The Bertz CT molecular complexity index is 768. The van der Waals surface area contributed by atoms with E-state index < -0.39 is 0 Å². The molecule has 0 spiro atoms. The average Bonchev–Trinajstić information content (AvgIpc) is 3.23. The first-order valence-electron chi connectivity index (χ1n) is 9.94. The third kappa shape index (κ3) is 4.21. The van der Waals surface area contributed by atoms with Crippen molar-refractivity contribution in [2.24, 2.45) is 5.92 Å². The average molecular weight is 365 g/mol. The van der Waals surface area contributed by atoms with Gasteiger partial charge in [0.15, 0.2) is 11.5 Å². The number of aromatic nitrogens is 2. The van der Waals surface area contributed by atoms with Gasteiger partial charge in [0.05, 0.1) is 0 Å². The number of anilines is 3. The molecule has 0 aliphatic carbocycles. The third-order valence-corrected chi connectivity index (χ3v) is 5.46. The number of rotatable bonds is 4. The Kier molecular flexibility index (Phi) is 5.23. The van der Waals surface area contributed by atoms with Crippen LogP contribution in [0.2, 0.25) is 0 Å². The van der Waals surface area contributed by atoms with Gasteiger partial charge in [-0.3, -0.25) is 4.79 Å². The summed E-state index contributed by atoms with van der Waals surface area (Å²) in [5.74, 6) is 1.30. The first kappa shape index (κ1) is 17.8. The molecule has 1 aromatic carbocycles. The molecule has 4 rings (SSSR count). The van der Waals surface area contributed by atoms with E-state index in [0.717, 1.165) is 37.7 Å². The van der Waals surface area contributed by atoms with E-state index in [1.165, 1.54) is 31.4 Å². The number of nitrogens with one attached hydrogen (secondary N) is 1. The number of piperidine rings is 1. The molecular formula is C21H27N5O. The second-order valence-electron chi connectivity index (χ2n) is 7.67. The number of hydrogen-bond donors (Lipinski definition) is 1. The molecule has 27 heavy (non-hydrogen) atoms. The molecule has 1 N–H and O–H groups in total. The van der Waals surface area contributed by atoms with Crippen molar-refractivity contribution in [3.05, 3.63) is 42.1 Å². The van der Waals surface area contributed by atoms with E-state index in [4.69, 9.17) is 0 Å². The van der Waals surface area contributed by atoms with Crippen LogP contribution in [0.25, 0.3) is 0 Å². The monoisotopic (exact) mass is 365 g/mol. The van der Waals surface area contributed by atoms with Crippen LogP contribution in [0.15, 0.2) is 36.4 Å². The molecule has 3 heterocycles. The molecule has 0 radical (unpaired) electrons. The second-order valence-corrected chi connectivity index (χ2v) is 7.67. The maximum atomic E-state index is 12.5. The zero-order valence-corrected chi connectivity index (χ0v) is 15.9. The van der Waals surface area contributed by atoms with Crippen molar-refractivity contribution in [3.63, 3.8) is 0 Å². The van der Waals surface area contributed by atoms with E-state index in [1.807, 2.05) is 18.2 Å². The smallest absolute Gasteiger partial charge is 0.276 e. The van der Waals surface area contributed by atoms with Gasteiger partial charge in [-0.1, -0.05) is 6.92 Å². The highest BCUT2D eigenvalue weighted by Crippen LogP contribution is 2.23. The van der Waals surface area contributed by atoms with Crippen molar-refractivity contribution < 1.29 is 4.79 Å². The number of benzene rings is 1. The van der Waals surface area contributed by atoms with E-state index in [0.29, 0.717) is 11.6 Å². The number of carbonyl (C=O) groups is 1. The third-order valence-electron chi connectivity index (χ3n) is 5.46. The standard InChI is InChI=1S/C21H27N5O/c1-16-5-4-14-26(15-16)20-11-10-19(23-24-20)21(27)22-17-6-8-18(9-7-17)25-12-2-3-13-25/h6-11,16H,2-5,12-15H2,1H3,(H,22,27). The summed E-state index contributed by atoms with van der Waals surface area (Å²) >= 11 is 0. The van der Waals surface area contributed by atoms with Crippen molar-refractivity contribution in [1.29, 1.82) is 0 Å². The Morgan fingerprint density at radius 3 is 2.37 bits per heavy atom. The Hall–Kier alpha value is -2.63. The maximum absolute atomic E-state index is 12.5. The lowest BCUT2D eigenvalue weighted by molar-refractivity contribution is 0.102. The van der Waals surface area contributed by atoms with E-state index in [9.17, 15) is 4.79 Å². The molecule has 2 aromatic rings. The van der Waals surface area contributed by atoms with Gasteiger partial charge in [-0.25, -0.2) is 0 Å². The van der Waals surface area contributed by atoms with Gasteiger partial charge in [0, 0.05) is 37.6 Å². The van der Waals surface area contributed by atoms with Gasteiger partial charge in [0.1, 0.15) is 0 Å². The van der Waals surface area contributed by atoms with E-state index in [1.54, 1.807) is 6.07 Å². The van der Waals surface area contributed by atoms with Crippen LogP contribution in [-0.2, 0) is 0 Å². The SMILES string of the molecule is CC1CCCN(c2ccc(C(=O)Nc3ccc(N4CCCC4)cc3)nn2)C1. The Labute approximate surface area is 160 Å². The Balaban J connectivity index is 1.37. The van der Waals surface area contributed by atoms with Gasteiger partial charge in [0.2, 0.25) is 0 Å². The highest BCUT2D eigenvalue weighted by molar-refractivity contribution is 6.02. The molecule has 6 nitrogen and oxygen atoms in total. The van der Waals surface area contributed by atoms with E-state index >= 15 is 0 Å². The van der Waals surface area contributed by atoms with Crippen LogP contribution in [0.4, 0.5) is 17.2 Å². The molecule has 2 fully saturated rings. The van der Waals surface area contributed by atoms with Gasteiger partial charge in [0.25, 0.3) is 5.91 Å². The lowest BCUT2D eigenvalue weighted by atomic mass is 10.0. The minimum absolute atomic E-state index is 0.227. The lowest BCUT2D eigenvalue weighted by Gasteiger charge is -2.31. The van der Waals surface area contributed by atoms with E-state index in [-0.39, 0.29) is 5.91 Å². The summed E-state index contributed by atoms with van der Waals surface area (Å²) in [7, 11) is 0. The molecule has 0 saturated carbocycles. The summed E-state index contributed by atoms with van der Waals surface area (Å²) in [5, 5.41) is 11.3. The number of amides is 1. The molecule has 0 bridgehead atoms. The zero-order valence-electron chi connectivity index (χ0n) is 15.9. The van der Waals surface area contributed by atoms with E-state index in [2.05, 4.69) is 44.4 Å². The van der Waals surface area contributed by atoms with Gasteiger partial charge >= 0.3 is 0 Å². The fourth-order valence-electron chi connectivity index (χ4n) is 3.94. The summed E-state index contributed by atoms with van der Waals surface area (Å²) in [6.45, 7) is 6.50. The van der Waals surface area contributed by atoms with Gasteiger partial charge < -0.3 is 15.1 Å². The number of hydrogen-bond acceptors (Lipinski definition) is 5. The number of carbonyl (C=O) groups excluding carboxylic acids is 1. The van der Waals surface area contributed by atoms with Crippen LogP contribution in [0, 0.1) is 5.92 Å². The van der Waals surface area contributed by atoms with Crippen molar-refractivity contribution in [2.45, 2.75) is 32.6 Å². The van der Waals surface area contributed by atoms with Crippen molar-refractivity contribution in [1.82, 2.24) is 10.2 Å². The zero-order chi connectivity index (χ0) is 18.6. The second kappa shape index (κ2) is 7.94. The topological polar surface area (TPSA) is 61.4 Å². The van der Waals surface area contributed by atoms with Gasteiger partial charge in [-0.05, 0) is 68.0 Å². The summed E-state index contributed by atoms with van der Waals surface area (Å²) in [5.41, 5.74) is 2.33. The Morgan fingerprint density at radius 1 is 0.963 bits per heavy atom. The Morgan fingerprint density at radius 2 is 1.70 bits per heavy atom. The highest BCUT2D eigenvalue weighted by atomic mass is 16.1. The molecule has 6 heteroatoms. The molecule has 2 aliphatic rings. The van der Waals surface area contributed by atoms with Crippen molar-refractivity contribution in [2.75, 3.05) is 41.3 Å². The summed E-state index contributed by atoms with van der Waals surface area (Å²) < 4.78 is 0. The maximum Gasteiger partial charge on any atom is 0.276 e. The van der Waals surface area contributed by atoms with Crippen LogP contribution in [0.5, 0.6) is 0 Å². The quantitative estimate of drug-likeness (QED) is 0.898. The molecule has 1 amide bonds. The lowest BCUT2D eigenvalue weighted by Crippen LogP contribution is -2.35. The van der Waals surface area contributed by atoms with Crippen molar-refractivity contribution >= 4 is 23.1 Å². The largest absolute Gasteiger partial charge is 0.372 e. The minimum atomic E-state index is -0.227. The molecule has 1 atom stereocenters. The summed E-state index contributed by atoms with van der Waals surface area (Å²) in [6.07, 6.45) is 4.95. The molecule has 2 aliphatic heterocycles. The first-order valence-corrected chi connectivity index (χ1v) is 9.94. The molecule has 142 valence electrons. The summed E-state index contributed by atoms with van der Waals surface area (Å²) in [6, 6.07) is 11.7. The van der Waals surface area contributed by atoms with Crippen molar-refractivity contribution in [3.8, 4) is 0 Å². The minimum Gasteiger partial charge on any atom is -0.372 e. The predicted molar refractivity (Wildman–Crippen MR) is 108 cm³/mol. The van der Waals surface area contributed by atoms with Crippen LogP contribution in [0.1, 0.15) is 43.1 Å². The van der Waals surface area contributed by atoms with Crippen LogP contribution in [0.3, 0.4) is 0 Å².